The van der Waals surface area contributed by atoms with Crippen LogP contribution in [0.2, 0.25) is 0 Å². The number of aliphatic hydroxyl groups excluding tert-OH is 2. The van der Waals surface area contributed by atoms with Crippen LogP contribution in [0.4, 0.5) is 0 Å². The summed E-state index contributed by atoms with van der Waals surface area (Å²) >= 11 is 0. The van der Waals surface area contributed by atoms with E-state index in [9.17, 15) is 39.0 Å². The highest BCUT2D eigenvalue weighted by molar-refractivity contribution is 5.98. The maximum absolute atomic E-state index is 13.4. The van der Waals surface area contributed by atoms with Crippen LogP contribution in [0.1, 0.15) is 91.8 Å². The molecule has 7 rings (SSSR count). The molecule has 5 atom stereocenters. The zero-order chi connectivity index (χ0) is 53.8. The van der Waals surface area contributed by atoms with Gasteiger partial charge in [0.05, 0.1) is 67.0 Å². The molecule has 2 aliphatic heterocycles. The first-order valence-electron chi connectivity index (χ1n) is 24.3. The smallest absolute Gasteiger partial charge is 0.343 e. The summed E-state index contributed by atoms with van der Waals surface area (Å²) in [4.78, 5) is 77.6. The number of unbranched alkanes of at least 4 members (excludes halogenated alkanes) is 2. The van der Waals surface area contributed by atoms with Gasteiger partial charge in [-0.3, -0.25) is 0 Å². The number of hydrogen-bond acceptors (Lipinski definition) is 20. The number of hydrogen-bond donors (Lipinski definition) is 2. The molecule has 4 aromatic rings. The Morgan fingerprint density at radius 1 is 0.658 bits per heavy atom. The molecule has 2 saturated heterocycles. The predicted molar refractivity (Wildman–Crippen MR) is 266 cm³/mol. The zero-order valence-corrected chi connectivity index (χ0v) is 41.2. The van der Waals surface area contributed by atoms with Crippen molar-refractivity contribution in [2.75, 3.05) is 46.2 Å². The van der Waals surface area contributed by atoms with Gasteiger partial charge in [0.15, 0.2) is 18.9 Å². The molecule has 5 unspecified atom stereocenters. The quantitative estimate of drug-likeness (QED) is 0.0105. The second-order valence-electron chi connectivity index (χ2n) is 16.9. The van der Waals surface area contributed by atoms with E-state index in [1.807, 2.05) is 0 Å². The van der Waals surface area contributed by atoms with Gasteiger partial charge in [0.1, 0.15) is 47.0 Å². The summed E-state index contributed by atoms with van der Waals surface area (Å²) in [6.45, 7) is 8.98. The first kappa shape index (κ1) is 55.9. The SMILES string of the molecule is C=CC(=O)OCCCCOc1ccc(C(=O)Oc2ccc(OC(=O)c3ccc(C(=O)Oc4ccc(OC(=O)C5=CCC(OCCCCOC(O)C=C)C=C5)c(C(=O)OCC5CO5)c4)cc3)cc2C(O)OC2CCO2)cc1. The van der Waals surface area contributed by atoms with E-state index in [1.165, 1.54) is 78.9 Å². The van der Waals surface area contributed by atoms with Crippen molar-refractivity contribution in [2.45, 2.75) is 69.6 Å². The van der Waals surface area contributed by atoms with Gasteiger partial charge in [-0.2, -0.15) is 0 Å². The molecule has 3 aliphatic rings. The molecule has 20 nitrogen and oxygen atoms in total. The van der Waals surface area contributed by atoms with Gasteiger partial charge >= 0.3 is 35.8 Å². The molecule has 0 saturated carbocycles. The number of esters is 6. The highest BCUT2D eigenvalue weighted by Gasteiger charge is 2.29. The fourth-order valence-corrected chi connectivity index (χ4v) is 6.94. The molecule has 2 N–H and O–H groups in total. The maximum Gasteiger partial charge on any atom is 0.343 e. The Kier molecular flexibility index (Phi) is 20.7. The molecule has 1 aliphatic carbocycles. The highest BCUT2D eigenvalue weighted by atomic mass is 16.7. The first-order valence-corrected chi connectivity index (χ1v) is 24.3. The van der Waals surface area contributed by atoms with E-state index >= 15 is 0 Å². The third-order valence-electron chi connectivity index (χ3n) is 11.3. The molecule has 0 radical (unpaired) electrons. The van der Waals surface area contributed by atoms with E-state index in [-0.39, 0.29) is 81.8 Å². The van der Waals surface area contributed by atoms with Crippen molar-refractivity contribution in [1.82, 2.24) is 0 Å². The van der Waals surface area contributed by atoms with Crippen molar-refractivity contribution in [3.05, 3.63) is 162 Å². The van der Waals surface area contributed by atoms with Crippen LogP contribution in [0.25, 0.3) is 0 Å². The molecule has 400 valence electrons. The predicted octanol–water partition coefficient (Wildman–Crippen LogP) is 7.02. The molecule has 76 heavy (non-hydrogen) atoms. The molecule has 0 amide bonds. The Hall–Kier alpha value is -7.82. The van der Waals surface area contributed by atoms with Gasteiger partial charge < -0.3 is 67.1 Å². The van der Waals surface area contributed by atoms with Crippen LogP contribution in [0, 0.1) is 0 Å². The summed E-state index contributed by atoms with van der Waals surface area (Å²) in [5, 5.41) is 20.4. The summed E-state index contributed by atoms with van der Waals surface area (Å²) < 4.78 is 65.5. The molecule has 0 aromatic heterocycles. The first-order chi connectivity index (χ1) is 36.8. The molecular formula is C56H56O20. The normalized spacial score (nSPS) is 17.1. The average molecular weight is 1050 g/mol. The summed E-state index contributed by atoms with van der Waals surface area (Å²) in [5.74, 6) is -4.43. The highest BCUT2D eigenvalue weighted by Crippen LogP contribution is 2.34. The van der Waals surface area contributed by atoms with Crippen molar-refractivity contribution < 1.29 is 95.8 Å². The fourth-order valence-electron chi connectivity index (χ4n) is 6.94. The number of carbonyl (C=O) groups excluding carboxylic acids is 6. The van der Waals surface area contributed by atoms with Crippen LogP contribution in [0.3, 0.4) is 0 Å². The minimum absolute atomic E-state index is 0.0209. The molecule has 0 bridgehead atoms. The van der Waals surface area contributed by atoms with Crippen LogP contribution >= 0.6 is 0 Å². The van der Waals surface area contributed by atoms with E-state index in [0.29, 0.717) is 77.3 Å². The lowest BCUT2D eigenvalue weighted by Crippen LogP contribution is -2.31. The number of carbonyl (C=O) groups is 6. The number of rotatable bonds is 29. The standard InChI is InChI=1S/C56H56O20/c1-3-48(57)67-28-7-5-26-65-39-17-13-37(14-18-39)53(61)74-46-23-21-41(31-44(46)55(63)71-34-43-33-70-43)72-51(59)35-9-11-36(12-10-35)52(60)73-42-22-24-47(45(32-42)56(64)76-50-25-30-69-50)75-54(62)38-15-19-40(20-16-38)66-27-6-8-29-68-49(58)4-2/h3-4,9-17,19-24,31-32,39,43,48,50,56-57,64H,1-2,5-8,18,25-30,33-34H2. The number of ether oxygens (including phenoxy) is 12. The minimum Gasteiger partial charge on any atom is -0.494 e. The third kappa shape index (κ3) is 17.1. The Bertz CT molecular complexity index is 2760. The molecule has 4 aromatic carbocycles. The largest absolute Gasteiger partial charge is 0.494 e. The lowest BCUT2D eigenvalue weighted by atomic mass is 10.0. The van der Waals surface area contributed by atoms with E-state index in [0.717, 1.165) is 6.08 Å². The number of aliphatic hydroxyl groups is 2. The Balaban J connectivity index is 0.936. The topological polar surface area (TPSA) is 257 Å². The monoisotopic (exact) mass is 1050 g/mol. The molecule has 2 heterocycles. The summed E-state index contributed by atoms with van der Waals surface area (Å²) in [6.07, 6.45) is 6.89. The summed E-state index contributed by atoms with van der Waals surface area (Å²) in [5.41, 5.74) is 0.213. The van der Waals surface area contributed by atoms with Gasteiger partial charge in [0.2, 0.25) is 0 Å². The van der Waals surface area contributed by atoms with E-state index in [4.69, 9.17) is 56.8 Å². The van der Waals surface area contributed by atoms with Gasteiger partial charge in [-0.05, 0) is 129 Å². The second-order valence-corrected chi connectivity index (χ2v) is 16.9. The Labute approximate surface area is 436 Å². The number of benzene rings is 4. The fraction of sp³-hybridized carbons (Fsp3) is 0.321. The number of epoxide rings is 1. The van der Waals surface area contributed by atoms with Crippen LogP contribution in [-0.2, 0) is 42.7 Å². The third-order valence-corrected chi connectivity index (χ3v) is 11.3. The van der Waals surface area contributed by atoms with Crippen LogP contribution in [-0.4, -0.2) is 117 Å². The van der Waals surface area contributed by atoms with Gasteiger partial charge in [0.25, 0.3) is 0 Å². The molecular weight excluding hydrogens is 993 g/mol. The van der Waals surface area contributed by atoms with E-state index < -0.39 is 54.7 Å². The van der Waals surface area contributed by atoms with Gasteiger partial charge in [0, 0.05) is 19.1 Å². The lowest BCUT2D eigenvalue weighted by Gasteiger charge is -2.29. The van der Waals surface area contributed by atoms with Crippen LogP contribution in [0.5, 0.6) is 28.7 Å². The molecule has 0 spiro atoms. The van der Waals surface area contributed by atoms with E-state index in [2.05, 4.69) is 13.2 Å². The van der Waals surface area contributed by atoms with Crippen LogP contribution < -0.4 is 23.7 Å². The summed E-state index contributed by atoms with van der Waals surface area (Å²) in [7, 11) is 0. The van der Waals surface area contributed by atoms with Crippen molar-refractivity contribution in [1.29, 1.82) is 0 Å². The second kappa shape index (κ2) is 28.2. The zero-order valence-electron chi connectivity index (χ0n) is 41.2. The van der Waals surface area contributed by atoms with Crippen molar-refractivity contribution in [2.24, 2.45) is 0 Å². The van der Waals surface area contributed by atoms with Crippen molar-refractivity contribution in [3.63, 3.8) is 0 Å². The molecule has 20 heteroatoms. The average Bonchev–Trinajstić information content (AvgIpc) is 4.26. The van der Waals surface area contributed by atoms with Gasteiger partial charge in [-0.1, -0.05) is 25.3 Å². The lowest BCUT2D eigenvalue weighted by molar-refractivity contribution is -0.280. The summed E-state index contributed by atoms with van der Waals surface area (Å²) in [6, 6.07) is 19.3. The molecule has 2 fully saturated rings. The van der Waals surface area contributed by atoms with E-state index in [1.54, 1.807) is 30.4 Å². The Morgan fingerprint density at radius 3 is 1.87 bits per heavy atom. The Morgan fingerprint density at radius 2 is 1.25 bits per heavy atom. The van der Waals surface area contributed by atoms with Crippen LogP contribution in [0.15, 0.2) is 134 Å². The van der Waals surface area contributed by atoms with Gasteiger partial charge in [-0.15, -0.1) is 0 Å². The minimum atomic E-state index is -1.65. The van der Waals surface area contributed by atoms with Gasteiger partial charge in [-0.25, -0.2) is 28.8 Å². The van der Waals surface area contributed by atoms with Crippen molar-refractivity contribution in [3.8, 4) is 28.7 Å². The van der Waals surface area contributed by atoms with Crippen molar-refractivity contribution >= 4 is 35.8 Å². The maximum atomic E-state index is 13.4.